The number of hydrogen-bond acceptors (Lipinski definition) is 3. The second-order valence-corrected chi connectivity index (χ2v) is 7.18. The van der Waals surface area contributed by atoms with Crippen LogP contribution < -0.4 is 15.5 Å². The highest BCUT2D eigenvalue weighted by Gasteiger charge is 2.10. The van der Waals surface area contributed by atoms with Gasteiger partial charge in [0.25, 0.3) is 0 Å². The minimum absolute atomic E-state index is 0.655. The summed E-state index contributed by atoms with van der Waals surface area (Å²) in [6.45, 7) is 3.09. The quantitative estimate of drug-likeness (QED) is 0.585. The van der Waals surface area contributed by atoms with Crippen LogP contribution in [-0.4, -0.2) is 29.7 Å². The number of rotatable bonds is 6. The summed E-state index contributed by atoms with van der Waals surface area (Å²) in [5.41, 5.74) is 2.30. The number of nitrogens with zero attached hydrogens (tertiary/aromatic N) is 2. The molecule has 0 radical (unpaired) electrons. The van der Waals surface area contributed by atoms with Gasteiger partial charge >= 0.3 is 0 Å². The lowest BCUT2D eigenvalue weighted by Gasteiger charge is -2.21. The zero-order valence-electron chi connectivity index (χ0n) is 15.3. The van der Waals surface area contributed by atoms with Gasteiger partial charge in [0, 0.05) is 19.6 Å². The first-order chi connectivity index (χ1) is 12.8. The van der Waals surface area contributed by atoms with Gasteiger partial charge in [0.15, 0.2) is 5.11 Å². The highest BCUT2D eigenvalue weighted by molar-refractivity contribution is 7.80. The molecule has 2 N–H and O–H groups in total. The third kappa shape index (κ3) is 5.99. The van der Waals surface area contributed by atoms with Crippen LogP contribution in [0.3, 0.4) is 0 Å². The van der Waals surface area contributed by atoms with E-state index in [4.69, 9.17) is 12.2 Å². The van der Waals surface area contributed by atoms with E-state index in [9.17, 15) is 0 Å². The average molecular weight is 369 g/mol. The maximum absolute atomic E-state index is 5.38. The lowest BCUT2D eigenvalue weighted by molar-refractivity contribution is 0.726. The van der Waals surface area contributed by atoms with Crippen molar-refractivity contribution in [3.8, 4) is 0 Å². The maximum Gasteiger partial charge on any atom is 0.170 e. The van der Waals surface area contributed by atoms with Crippen LogP contribution in [0.2, 0.25) is 0 Å². The fourth-order valence-corrected chi connectivity index (χ4v) is 3.48. The van der Waals surface area contributed by atoms with Gasteiger partial charge in [-0.15, -0.1) is 0 Å². The van der Waals surface area contributed by atoms with Crippen molar-refractivity contribution in [1.82, 2.24) is 10.3 Å². The fourth-order valence-electron chi connectivity index (χ4n) is 3.26. The molecule has 2 aromatic rings. The van der Waals surface area contributed by atoms with E-state index in [0.29, 0.717) is 5.11 Å². The van der Waals surface area contributed by atoms with Crippen LogP contribution in [0.25, 0.3) is 0 Å². The van der Waals surface area contributed by atoms with E-state index in [1.54, 1.807) is 0 Å². The largest absolute Gasteiger partial charge is 0.362 e. The summed E-state index contributed by atoms with van der Waals surface area (Å²) in [6.07, 6.45) is 9.18. The monoisotopic (exact) mass is 368 g/mol. The zero-order chi connectivity index (χ0) is 18.0. The van der Waals surface area contributed by atoms with E-state index in [0.717, 1.165) is 44.0 Å². The molecule has 0 unspecified atom stereocenters. The van der Waals surface area contributed by atoms with E-state index in [2.05, 4.69) is 56.9 Å². The Labute approximate surface area is 162 Å². The van der Waals surface area contributed by atoms with Gasteiger partial charge in [-0.05, 0) is 55.6 Å². The van der Waals surface area contributed by atoms with E-state index in [1.165, 1.54) is 31.2 Å². The molecule has 0 amide bonds. The highest BCUT2D eigenvalue weighted by Crippen LogP contribution is 2.18. The average Bonchev–Trinajstić information content (AvgIpc) is 2.96. The third-order valence-corrected chi connectivity index (χ3v) is 4.95. The number of aromatic nitrogens is 1. The Bertz CT molecular complexity index is 664. The molecule has 0 bridgehead atoms. The Hall–Kier alpha value is -2.14. The Kier molecular flexibility index (Phi) is 7.25. The summed E-state index contributed by atoms with van der Waals surface area (Å²) in [7, 11) is 0. The van der Waals surface area contributed by atoms with Crippen LogP contribution in [0.5, 0.6) is 0 Å². The number of thiocarbonyl (C=S) groups is 1. The van der Waals surface area contributed by atoms with Gasteiger partial charge in [0.2, 0.25) is 0 Å². The van der Waals surface area contributed by atoms with E-state index >= 15 is 0 Å². The molecule has 0 spiro atoms. The summed E-state index contributed by atoms with van der Waals surface area (Å²) < 4.78 is 0. The summed E-state index contributed by atoms with van der Waals surface area (Å²) in [6, 6.07) is 14.7. The van der Waals surface area contributed by atoms with Gasteiger partial charge in [-0.2, -0.15) is 0 Å². The molecule has 0 aliphatic carbocycles. The second kappa shape index (κ2) is 10.1. The predicted octanol–water partition coefficient (Wildman–Crippen LogP) is 4.38. The molecule has 1 aliphatic rings. The summed E-state index contributed by atoms with van der Waals surface area (Å²) >= 11 is 5.38. The van der Waals surface area contributed by atoms with Crippen molar-refractivity contribution in [2.75, 3.05) is 29.9 Å². The first-order valence-electron chi connectivity index (χ1n) is 9.61. The van der Waals surface area contributed by atoms with Gasteiger partial charge < -0.3 is 15.5 Å². The molecule has 0 saturated carbocycles. The van der Waals surface area contributed by atoms with Crippen LogP contribution in [0.1, 0.15) is 37.7 Å². The van der Waals surface area contributed by atoms with E-state index in [-0.39, 0.29) is 0 Å². The number of pyridine rings is 1. The first kappa shape index (κ1) is 18.6. The number of anilines is 2. The standard InChI is InChI=1S/C21H28N4S/c26-21(22-14-8-11-18-9-4-3-5-10-18)24-19-12-13-20(23-17-19)25-15-6-1-2-7-16-25/h3-5,9-10,12-13,17H,1-2,6-8,11,14-16H2,(H2,22,24,26). The normalized spacial score (nSPS) is 14.5. The molecule has 4 nitrogen and oxygen atoms in total. The van der Waals surface area contributed by atoms with Crippen molar-refractivity contribution in [2.45, 2.75) is 38.5 Å². The smallest absolute Gasteiger partial charge is 0.170 e. The van der Waals surface area contributed by atoms with Gasteiger partial charge in [-0.25, -0.2) is 4.98 Å². The van der Waals surface area contributed by atoms with Crippen molar-refractivity contribution in [1.29, 1.82) is 0 Å². The van der Waals surface area contributed by atoms with Gasteiger partial charge in [0.05, 0.1) is 11.9 Å². The second-order valence-electron chi connectivity index (χ2n) is 6.78. The SMILES string of the molecule is S=C(NCCCc1ccccc1)Nc1ccc(N2CCCCCC2)nc1. The van der Waals surface area contributed by atoms with Gasteiger partial charge in [-0.3, -0.25) is 0 Å². The Morgan fingerprint density at radius 2 is 1.77 bits per heavy atom. The molecule has 0 atom stereocenters. The lowest BCUT2D eigenvalue weighted by atomic mass is 10.1. The molecule has 2 heterocycles. The molecule has 1 saturated heterocycles. The molecule has 26 heavy (non-hydrogen) atoms. The molecule has 1 aliphatic heterocycles. The molecule has 5 heteroatoms. The number of hydrogen-bond donors (Lipinski definition) is 2. The molecule has 138 valence electrons. The third-order valence-electron chi connectivity index (χ3n) is 4.71. The Balaban J connectivity index is 1.39. The van der Waals surface area contributed by atoms with E-state index in [1.807, 2.05) is 12.3 Å². The molecule has 1 aromatic heterocycles. The zero-order valence-corrected chi connectivity index (χ0v) is 16.1. The van der Waals surface area contributed by atoms with Gasteiger partial charge in [0.1, 0.15) is 5.82 Å². The molecule has 3 rings (SSSR count). The lowest BCUT2D eigenvalue weighted by Crippen LogP contribution is -2.29. The number of aryl methyl sites for hydroxylation is 1. The highest BCUT2D eigenvalue weighted by atomic mass is 32.1. The Morgan fingerprint density at radius 3 is 2.46 bits per heavy atom. The van der Waals surface area contributed by atoms with Crippen LogP contribution >= 0.6 is 12.2 Å². The molecular formula is C21H28N4S. The molecular weight excluding hydrogens is 340 g/mol. The Morgan fingerprint density at radius 1 is 1.00 bits per heavy atom. The number of benzene rings is 1. The van der Waals surface area contributed by atoms with Crippen LogP contribution in [0.15, 0.2) is 48.7 Å². The van der Waals surface area contributed by atoms with Crippen molar-refractivity contribution in [3.63, 3.8) is 0 Å². The predicted molar refractivity (Wildman–Crippen MR) is 114 cm³/mol. The van der Waals surface area contributed by atoms with Gasteiger partial charge in [-0.1, -0.05) is 43.2 Å². The summed E-state index contributed by atoms with van der Waals surface area (Å²) in [5.74, 6) is 1.07. The first-order valence-corrected chi connectivity index (χ1v) is 10.0. The fraction of sp³-hybridized carbons (Fsp3) is 0.429. The van der Waals surface area contributed by atoms with Crippen LogP contribution in [0, 0.1) is 0 Å². The van der Waals surface area contributed by atoms with Crippen molar-refractivity contribution in [2.24, 2.45) is 0 Å². The van der Waals surface area contributed by atoms with Crippen molar-refractivity contribution >= 4 is 28.8 Å². The van der Waals surface area contributed by atoms with E-state index < -0.39 is 0 Å². The molecule has 1 aromatic carbocycles. The molecule has 1 fully saturated rings. The minimum Gasteiger partial charge on any atom is -0.362 e. The van der Waals surface area contributed by atoms with Crippen LogP contribution in [-0.2, 0) is 6.42 Å². The maximum atomic E-state index is 5.38. The minimum atomic E-state index is 0.655. The van der Waals surface area contributed by atoms with Crippen molar-refractivity contribution in [3.05, 3.63) is 54.2 Å². The van der Waals surface area contributed by atoms with Crippen LogP contribution in [0.4, 0.5) is 11.5 Å². The summed E-state index contributed by atoms with van der Waals surface area (Å²) in [5, 5.41) is 7.15. The van der Waals surface area contributed by atoms with Crippen molar-refractivity contribution < 1.29 is 0 Å². The number of nitrogens with one attached hydrogen (secondary N) is 2. The topological polar surface area (TPSA) is 40.2 Å². The summed E-state index contributed by atoms with van der Waals surface area (Å²) in [4.78, 5) is 7.00.